The molecular formula is C8H4BrF5INO. The lowest BCUT2D eigenvalue weighted by Crippen LogP contribution is -2.19. The van der Waals surface area contributed by atoms with Crippen LogP contribution in [0.25, 0.3) is 0 Å². The maximum atomic E-state index is 12.7. The summed E-state index contributed by atoms with van der Waals surface area (Å²) < 4.78 is 64.5. The fourth-order valence-electron chi connectivity index (χ4n) is 1.04. The van der Waals surface area contributed by atoms with Crippen LogP contribution in [0.4, 0.5) is 22.0 Å². The summed E-state index contributed by atoms with van der Waals surface area (Å²) in [5.41, 5.74) is -0.379. The van der Waals surface area contributed by atoms with Crippen molar-refractivity contribution in [3.63, 3.8) is 0 Å². The highest BCUT2D eigenvalue weighted by molar-refractivity contribution is 14.1. The normalized spacial score (nSPS) is 12.0. The molecule has 1 rings (SSSR count). The van der Waals surface area contributed by atoms with Crippen molar-refractivity contribution in [3.8, 4) is 5.88 Å². The van der Waals surface area contributed by atoms with Crippen LogP contribution < -0.4 is 4.74 Å². The first-order chi connectivity index (χ1) is 7.76. The molecule has 1 aromatic rings. The fourth-order valence-corrected chi connectivity index (χ4v) is 2.32. The summed E-state index contributed by atoms with van der Waals surface area (Å²) in [7, 11) is 0. The van der Waals surface area contributed by atoms with Gasteiger partial charge in [-0.2, -0.15) is 0 Å². The highest BCUT2D eigenvalue weighted by Crippen LogP contribution is 2.35. The Hall–Kier alpha value is -0.190. The number of hydrogen-bond acceptors (Lipinski definition) is 2. The lowest BCUT2D eigenvalue weighted by Gasteiger charge is -2.14. The van der Waals surface area contributed by atoms with Crippen molar-refractivity contribution in [1.29, 1.82) is 0 Å². The zero-order valence-electron chi connectivity index (χ0n) is 7.86. The van der Waals surface area contributed by atoms with Gasteiger partial charge in [-0.05, 0) is 28.2 Å². The Morgan fingerprint density at radius 3 is 2.41 bits per heavy atom. The zero-order chi connectivity index (χ0) is 13.2. The lowest BCUT2D eigenvalue weighted by atomic mass is 10.2. The smallest absolute Gasteiger partial charge is 0.387 e. The molecule has 0 bridgehead atoms. The summed E-state index contributed by atoms with van der Waals surface area (Å²) in [6, 6.07) is 0. The SMILES string of the molecule is FC(F)c1c(CBr)cnc(OC(F)(F)F)c1I. The maximum absolute atomic E-state index is 12.7. The first-order valence-corrected chi connectivity index (χ1v) is 6.23. The average Bonchev–Trinajstić information content (AvgIpc) is 2.18. The molecule has 0 fully saturated rings. The Morgan fingerprint density at radius 1 is 1.41 bits per heavy atom. The van der Waals surface area contributed by atoms with Gasteiger partial charge in [0.05, 0.1) is 3.57 Å². The molecule has 0 N–H and O–H groups in total. The van der Waals surface area contributed by atoms with Gasteiger partial charge in [-0.3, -0.25) is 0 Å². The second-order valence-corrected chi connectivity index (χ2v) is 4.44. The molecule has 96 valence electrons. The molecule has 1 aromatic heterocycles. The number of aromatic nitrogens is 1. The third-order valence-corrected chi connectivity index (χ3v) is 3.33. The van der Waals surface area contributed by atoms with E-state index in [1.165, 1.54) is 22.6 Å². The molecule has 0 aromatic carbocycles. The van der Waals surface area contributed by atoms with Crippen molar-refractivity contribution < 1.29 is 26.7 Å². The topological polar surface area (TPSA) is 22.1 Å². The fraction of sp³-hybridized carbons (Fsp3) is 0.375. The Labute approximate surface area is 115 Å². The van der Waals surface area contributed by atoms with E-state index in [0.29, 0.717) is 0 Å². The van der Waals surface area contributed by atoms with E-state index < -0.39 is 24.2 Å². The number of nitrogens with zero attached hydrogens (tertiary/aromatic N) is 1. The Bertz CT molecular complexity index is 412. The van der Waals surface area contributed by atoms with Gasteiger partial charge in [-0.15, -0.1) is 13.2 Å². The summed E-state index contributed by atoms with van der Waals surface area (Å²) in [5, 5.41) is 0.0714. The van der Waals surface area contributed by atoms with Crippen LogP contribution in [0, 0.1) is 3.57 Å². The molecule has 17 heavy (non-hydrogen) atoms. The highest BCUT2D eigenvalue weighted by Gasteiger charge is 2.34. The number of ether oxygens (including phenoxy) is 1. The Balaban J connectivity index is 3.23. The molecule has 0 radical (unpaired) electrons. The quantitative estimate of drug-likeness (QED) is 0.401. The molecule has 2 nitrogen and oxygen atoms in total. The third-order valence-electron chi connectivity index (χ3n) is 1.68. The largest absolute Gasteiger partial charge is 0.574 e. The molecule has 9 heteroatoms. The van der Waals surface area contributed by atoms with Gasteiger partial charge in [0, 0.05) is 17.1 Å². The van der Waals surface area contributed by atoms with E-state index >= 15 is 0 Å². The molecule has 0 spiro atoms. The first kappa shape index (κ1) is 14.9. The van der Waals surface area contributed by atoms with Crippen LogP contribution in [0.2, 0.25) is 0 Å². The van der Waals surface area contributed by atoms with E-state index in [-0.39, 0.29) is 14.5 Å². The van der Waals surface area contributed by atoms with E-state index in [0.717, 1.165) is 6.20 Å². The molecular weight excluding hydrogens is 428 g/mol. The maximum Gasteiger partial charge on any atom is 0.574 e. The summed E-state index contributed by atoms with van der Waals surface area (Å²) in [4.78, 5) is 3.36. The zero-order valence-corrected chi connectivity index (χ0v) is 11.6. The Kier molecular flexibility index (Phi) is 4.93. The van der Waals surface area contributed by atoms with Gasteiger partial charge >= 0.3 is 6.36 Å². The Morgan fingerprint density at radius 2 is 2.00 bits per heavy atom. The molecule has 0 aliphatic carbocycles. The van der Waals surface area contributed by atoms with Crippen LogP contribution in [0.5, 0.6) is 5.88 Å². The molecule has 0 amide bonds. The number of pyridine rings is 1. The lowest BCUT2D eigenvalue weighted by molar-refractivity contribution is -0.276. The van der Waals surface area contributed by atoms with Crippen molar-refractivity contribution in [3.05, 3.63) is 20.9 Å². The van der Waals surface area contributed by atoms with Crippen LogP contribution in [-0.4, -0.2) is 11.3 Å². The van der Waals surface area contributed by atoms with Crippen molar-refractivity contribution in [2.45, 2.75) is 18.1 Å². The summed E-state index contributed by atoms with van der Waals surface area (Å²) in [5.74, 6) is -0.863. The minimum atomic E-state index is -4.96. The molecule has 0 aliphatic rings. The van der Waals surface area contributed by atoms with Gasteiger partial charge < -0.3 is 4.74 Å². The van der Waals surface area contributed by atoms with Gasteiger partial charge in [0.25, 0.3) is 6.43 Å². The van der Waals surface area contributed by atoms with E-state index in [9.17, 15) is 22.0 Å². The summed E-state index contributed by atoms with van der Waals surface area (Å²) >= 11 is 4.31. The van der Waals surface area contributed by atoms with Gasteiger partial charge in [0.15, 0.2) is 0 Å². The molecule has 0 atom stereocenters. The van der Waals surface area contributed by atoms with Gasteiger partial charge in [-0.1, -0.05) is 15.9 Å². The van der Waals surface area contributed by atoms with E-state index in [1.54, 1.807) is 0 Å². The van der Waals surface area contributed by atoms with Gasteiger partial charge in [-0.25, -0.2) is 13.8 Å². The second kappa shape index (κ2) is 5.63. The van der Waals surface area contributed by atoms with E-state index in [4.69, 9.17) is 0 Å². The van der Waals surface area contributed by atoms with Crippen molar-refractivity contribution in [2.75, 3.05) is 0 Å². The van der Waals surface area contributed by atoms with Crippen molar-refractivity contribution in [1.82, 2.24) is 4.98 Å². The van der Waals surface area contributed by atoms with Crippen molar-refractivity contribution >= 4 is 38.5 Å². The van der Waals surface area contributed by atoms with E-state index in [2.05, 4.69) is 25.7 Å². The molecule has 0 aliphatic heterocycles. The number of alkyl halides is 6. The standard InChI is InChI=1S/C8H4BrF5INO/c9-1-3-2-16-7(17-8(12,13)14)5(15)4(3)6(10)11/h2,6H,1H2. The van der Waals surface area contributed by atoms with Crippen LogP contribution in [0.15, 0.2) is 6.20 Å². The minimum Gasteiger partial charge on any atom is -0.387 e. The highest BCUT2D eigenvalue weighted by atomic mass is 127. The van der Waals surface area contributed by atoms with Crippen molar-refractivity contribution in [2.24, 2.45) is 0 Å². The monoisotopic (exact) mass is 431 g/mol. The predicted molar refractivity (Wildman–Crippen MR) is 61.2 cm³/mol. The molecule has 0 saturated carbocycles. The van der Waals surface area contributed by atoms with Gasteiger partial charge in [0.2, 0.25) is 5.88 Å². The number of halogens is 7. The summed E-state index contributed by atoms with van der Waals surface area (Å²) in [6.45, 7) is 0. The van der Waals surface area contributed by atoms with E-state index in [1.807, 2.05) is 0 Å². The number of rotatable bonds is 3. The third kappa shape index (κ3) is 3.90. The second-order valence-electron chi connectivity index (χ2n) is 2.80. The van der Waals surface area contributed by atoms with Crippen LogP contribution >= 0.6 is 38.5 Å². The molecule has 1 heterocycles. The van der Waals surface area contributed by atoms with Crippen LogP contribution in [-0.2, 0) is 5.33 Å². The molecule has 0 unspecified atom stereocenters. The van der Waals surface area contributed by atoms with Crippen LogP contribution in [0.1, 0.15) is 17.6 Å². The average molecular weight is 432 g/mol. The van der Waals surface area contributed by atoms with Crippen LogP contribution in [0.3, 0.4) is 0 Å². The predicted octanol–water partition coefficient (Wildman–Crippen LogP) is 4.42. The molecule has 0 saturated heterocycles. The summed E-state index contributed by atoms with van der Waals surface area (Å²) in [6.07, 6.45) is -6.92. The minimum absolute atomic E-state index is 0.0714. The number of hydrogen-bond donors (Lipinski definition) is 0. The van der Waals surface area contributed by atoms with Gasteiger partial charge in [0.1, 0.15) is 0 Å². The first-order valence-electron chi connectivity index (χ1n) is 4.03.